The van der Waals surface area contributed by atoms with Crippen molar-refractivity contribution in [2.45, 2.75) is 25.9 Å². The molecule has 4 rings (SSSR count). The summed E-state index contributed by atoms with van der Waals surface area (Å²) in [7, 11) is 0. The minimum atomic E-state index is -0.329. The van der Waals surface area contributed by atoms with Crippen LogP contribution in [0.15, 0.2) is 24.3 Å². The smallest absolute Gasteiger partial charge is 0.253 e. The number of amides is 1. The molecule has 2 aromatic rings. The number of benzene rings is 1. The standard InChI is InChI=1S/C18H21FN4O2/c1-11-20-17(22-21-11)8-16-15-6-7-23(9-13(15)10-25-16)18(24)12-2-4-14(19)5-3-12/h2-5,13,15-16H,6-10H2,1H3,(H,20,21,22)/t13-,15-,16+/m1/s1. The summed E-state index contributed by atoms with van der Waals surface area (Å²) in [6.07, 6.45) is 1.73. The molecular weight excluding hydrogens is 323 g/mol. The lowest BCUT2D eigenvalue weighted by molar-refractivity contribution is 0.0610. The van der Waals surface area contributed by atoms with Crippen molar-refractivity contribution < 1.29 is 13.9 Å². The minimum Gasteiger partial charge on any atom is -0.377 e. The van der Waals surface area contributed by atoms with Gasteiger partial charge in [-0.25, -0.2) is 9.37 Å². The van der Waals surface area contributed by atoms with E-state index in [1.165, 1.54) is 12.1 Å². The molecule has 1 aromatic carbocycles. The highest BCUT2D eigenvalue weighted by atomic mass is 19.1. The van der Waals surface area contributed by atoms with Crippen LogP contribution in [-0.4, -0.2) is 51.8 Å². The number of aromatic nitrogens is 3. The third kappa shape index (κ3) is 3.28. The molecule has 0 unspecified atom stereocenters. The normalized spacial score (nSPS) is 25.8. The Morgan fingerprint density at radius 1 is 1.40 bits per heavy atom. The van der Waals surface area contributed by atoms with Gasteiger partial charge in [-0.15, -0.1) is 0 Å². The fourth-order valence-corrected chi connectivity index (χ4v) is 3.92. The van der Waals surface area contributed by atoms with E-state index in [-0.39, 0.29) is 17.8 Å². The quantitative estimate of drug-likeness (QED) is 0.924. The monoisotopic (exact) mass is 344 g/mol. The van der Waals surface area contributed by atoms with E-state index in [4.69, 9.17) is 4.74 Å². The van der Waals surface area contributed by atoms with Crippen molar-refractivity contribution in [3.05, 3.63) is 47.3 Å². The largest absolute Gasteiger partial charge is 0.377 e. The van der Waals surface area contributed by atoms with Gasteiger partial charge in [0.25, 0.3) is 5.91 Å². The third-order valence-electron chi connectivity index (χ3n) is 5.20. The molecule has 1 amide bonds. The van der Waals surface area contributed by atoms with E-state index >= 15 is 0 Å². The van der Waals surface area contributed by atoms with Gasteiger partial charge in [-0.05, 0) is 43.5 Å². The summed E-state index contributed by atoms with van der Waals surface area (Å²) >= 11 is 0. The van der Waals surface area contributed by atoms with E-state index < -0.39 is 0 Å². The van der Waals surface area contributed by atoms with E-state index in [0.717, 1.165) is 18.1 Å². The van der Waals surface area contributed by atoms with Gasteiger partial charge in [-0.1, -0.05) is 0 Å². The fraction of sp³-hybridized carbons (Fsp3) is 0.500. The highest BCUT2D eigenvalue weighted by molar-refractivity contribution is 5.94. The van der Waals surface area contributed by atoms with E-state index in [2.05, 4.69) is 15.2 Å². The van der Waals surface area contributed by atoms with Gasteiger partial charge in [0, 0.05) is 31.0 Å². The number of piperidine rings is 1. The molecule has 6 nitrogen and oxygen atoms in total. The Hall–Kier alpha value is -2.28. The predicted octanol–water partition coefficient (Wildman–Crippen LogP) is 1.97. The van der Waals surface area contributed by atoms with Crippen molar-refractivity contribution in [1.29, 1.82) is 0 Å². The summed E-state index contributed by atoms with van der Waals surface area (Å²) < 4.78 is 19.0. The number of H-pyrrole nitrogens is 1. The highest BCUT2D eigenvalue weighted by Gasteiger charge is 2.42. The molecule has 2 saturated heterocycles. The first-order chi connectivity index (χ1) is 12.1. The topological polar surface area (TPSA) is 71.1 Å². The second-order valence-electron chi connectivity index (χ2n) is 6.88. The number of nitrogens with one attached hydrogen (secondary N) is 1. The summed E-state index contributed by atoms with van der Waals surface area (Å²) in [6, 6.07) is 5.74. The van der Waals surface area contributed by atoms with Crippen molar-refractivity contribution in [2.24, 2.45) is 11.8 Å². The van der Waals surface area contributed by atoms with Crippen LogP contribution in [0.5, 0.6) is 0 Å². The Kier molecular flexibility index (Phi) is 4.25. The van der Waals surface area contributed by atoms with E-state index in [9.17, 15) is 9.18 Å². The van der Waals surface area contributed by atoms with Crippen LogP contribution in [0.1, 0.15) is 28.4 Å². The molecule has 3 heterocycles. The van der Waals surface area contributed by atoms with E-state index in [0.29, 0.717) is 43.5 Å². The number of likely N-dealkylation sites (tertiary alicyclic amines) is 1. The molecule has 0 spiro atoms. The van der Waals surface area contributed by atoms with Gasteiger partial charge in [-0.3, -0.25) is 9.89 Å². The van der Waals surface area contributed by atoms with E-state index in [1.807, 2.05) is 11.8 Å². The maximum Gasteiger partial charge on any atom is 0.253 e. The van der Waals surface area contributed by atoms with Crippen molar-refractivity contribution in [1.82, 2.24) is 20.1 Å². The molecular formula is C18H21FN4O2. The van der Waals surface area contributed by atoms with Crippen LogP contribution in [0.2, 0.25) is 0 Å². The number of hydrogen-bond acceptors (Lipinski definition) is 4. The molecule has 0 radical (unpaired) electrons. The molecule has 132 valence electrons. The number of ether oxygens (including phenoxy) is 1. The number of aryl methyl sites for hydroxylation is 1. The number of halogens is 1. The summed E-state index contributed by atoms with van der Waals surface area (Å²) in [5, 5.41) is 7.06. The van der Waals surface area contributed by atoms with Crippen LogP contribution < -0.4 is 0 Å². The predicted molar refractivity (Wildman–Crippen MR) is 88.5 cm³/mol. The van der Waals surface area contributed by atoms with Crippen molar-refractivity contribution in [3.8, 4) is 0 Å². The van der Waals surface area contributed by atoms with Gasteiger partial charge < -0.3 is 9.64 Å². The summed E-state index contributed by atoms with van der Waals surface area (Å²) in [4.78, 5) is 18.8. The molecule has 0 saturated carbocycles. The number of carbonyl (C=O) groups excluding carboxylic acids is 1. The summed E-state index contributed by atoms with van der Waals surface area (Å²) in [5.41, 5.74) is 0.534. The number of fused-ring (bicyclic) bond motifs is 1. The average Bonchev–Trinajstić information content (AvgIpc) is 3.21. The first-order valence-electron chi connectivity index (χ1n) is 8.64. The zero-order valence-electron chi connectivity index (χ0n) is 14.1. The maximum atomic E-state index is 13.0. The third-order valence-corrected chi connectivity index (χ3v) is 5.20. The van der Waals surface area contributed by atoms with Crippen LogP contribution >= 0.6 is 0 Å². The zero-order valence-corrected chi connectivity index (χ0v) is 14.1. The Bertz CT molecular complexity index is 761. The first-order valence-corrected chi connectivity index (χ1v) is 8.64. The molecule has 7 heteroatoms. The van der Waals surface area contributed by atoms with Crippen LogP contribution in [0.3, 0.4) is 0 Å². The Labute approximate surface area is 145 Å². The van der Waals surface area contributed by atoms with Crippen LogP contribution in [0, 0.1) is 24.6 Å². The molecule has 1 aromatic heterocycles. The number of aromatic amines is 1. The van der Waals surface area contributed by atoms with Crippen molar-refractivity contribution in [2.75, 3.05) is 19.7 Å². The Balaban J connectivity index is 1.39. The zero-order chi connectivity index (χ0) is 17.4. The maximum absolute atomic E-state index is 13.0. The second-order valence-corrected chi connectivity index (χ2v) is 6.88. The molecule has 0 bridgehead atoms. The highest BCUT2D eigenvalue weighted by Crippen LogP contribution is 2.36. The number of hydrogen-bond donors (Lipinski definition) is 1. The van der Waals surface area contributed by atoms with Gasteiger partial charge in [-0.2, -0.15) is 5.10 Å². The Morgan fingerprint density at radius 2 is 2.20 bits per heavy atom. The van der Waals surface area contributed by atoms with E-state index in [1.54, 1.807) is 12.1 Å². The van der Waals surface area contributed by atoms with Gasteiger partial charge in [0.15, 0.2) is 5.82 Å². The lowest BCUT2D eigenvalue weighted by Crippen LogP contribution is -2.44. The molecule has 0 aliphatic carbocycles. The summed E-state index contributed by atoms with van der Waals surface area (Å²) in [6.45, 7) is 3.93. The number of nitrogens with zero attached hydrogens (tertiary/aromatic N) is 3. The molecule has 2 aliphatic heterocycles. The SMILES string of the molecule is Cc1nc(C[C@@H]2OC[C@H]3CN(C(=O)c4ccc(F)cc4)CC[C@H]32)n[nH]1. The van der Waals surface area contributed by atoms with Crippen molar-refractivity contribution in [3.63, 3.8) is 0 Å². The van der Waals surface area contributed by atoms with Gasteiger partial charge >= 0.3 is 0 Å². The lowest BCUT2D eigenvalue weighted by atomic mass is 9.83. The molecule has 2 aliphatic rings. The van der Waals surface area contributed by atoms with Crippen LogP contribution in [0.4, 0.5) is 4.39 Å². The molecule has 3 atom stereocenters. The molecule has 1 N–H and O–H groups in total. The summed E-state index contributed by atoms with van der Waals surface area (Å²) in [5.74, 6) is 1.99. The Morgan fingerprint density at radius 3 is 2.92 bits per heavy atom. The average molecular weight is 344 g/mol. The number of rotatable bonds is 3. The number of carbonyl (C=O) groups is 1. The minimum absolute atomic E-state index is 0.0357. The van der Waals surface area contributed by atoms with Crippen LogP contribution in [0.25, 0.3) is 0 Å². The van der Waals surface area contributed by atoms with Gasteiger partial charge in [0.1, 0.15) is 11.6 Å². The second kappa shape index (κ2) is 6.55. The van der Waals surface area contributed by atoms with Gasteiger partial charge in [0.05, 0.1) is 12.7 Å². The van der Waals surface area contributed by atoms with Gasteiger partial charge in [0.2, 0.25) is 0 Å². The fourth-order valence-electron chi connectivity index (χ4n) is 3.92. The van der Waals surface area contributed by atoms with Crippen LogP contribution in [-0.2, 0) is 11.2 Å². The molecule has 2 fully saturated rings. The molecule has 25 heavy (non-hydrogen) atoms. The first kappa shape index (κ1) is 16.2. The lowest BCUT2D eigenvalue weighted by Gasteiger charge is -2.35. The van der Waals surface area contributed by atoms with Crippen molar-refractivity contribution >= 4 is 5.91 Å².